The monoisotopic (exact) mass is 409 g/mol. The zero-order valence-corrected chi connectivity index (χ0v) is 16.3. The van der Waals surface area contributed by atoms with Crippen LogP contribution in [0.1, 0.15) is 30.0 Å². The largest absolute Gasteiger partial charge is 0.480 e. The van der Waals surface area contributed by atoms with Crippen LogP contribution in [0.3, 0.4) is 0 Å². The van der Waals surface area contributed by atoms with E-state index >= 15 is 0 Å². The van der Waals surface area contributed by atoms with E-state index in [4.69, 9.17) is 5.73 Å². The molecule has 2 aliphatic rings. The maximum absolute atomic E-state index is 13.1. The number of likely N-dealkylation sites (tertiary alicyclic amines) is 2. The van der Waals surface area contributed by atoms with Gasteiger partial charge in [-0.05, 0) is 24.5 Å². The number of nitrogens with two attached hydrogens (primary N) is 1. The Morgan fingerprint density at radius 3 is 2.67 bits per heavy atom. The molecule has 2 saturated heterocycles. The molecule has 4 rings (SSSR count). The van der Waals surface area contributed by atoms with Crippen LogP contribution in [0.4, 0.5) is 10.7 Å². The minimum Gasteiger partial charge on any atom is -0.480 e. The summed E-state index contributed by atoms with van der Waals surface area (Å²) in [5, 5.41) is 9.68. The van der Waals surface area contributed by atoms with Crippen molar-refractivity contribution in [3.05, 3.63) is 53.9 Å². The first-order valence-electron chi connectivity index (χ1n) is 9.93. The molecule has 0 unspecified atom stereocenters. The number of carbonyl (C=O) groups is 3. The second kappa shape index (κ2) is 8.10. The second-order valence-corrected chi connectivity index (χ2v) is 7.69. The number of urea groups is 1. The number of aromatic nitrogens is 2. The molecular formula is C21H23N5O4. The number of rotatable bonds is 4. The van der Waals surface area contributed by atoms with Crippen LogP contribution in [0, 0.1) is 5.92 Å². The average molecular weight is 409 g/mol. The van der Waals surface area contributed by atoms with Crippen molar-refractivity contribution in [2.24, 2.45) is 5.92 Å². The number of piperidine rings is 1. The van der Waals surface area contributed by atoms with Gasteiger partial charge in [0.05, 0.1) is 5.92 Å². The standard InChI is InChI=1S/C21H23N5O4/c22-20-23-9-8-15(24-20)11-16-17(19(28)29)26(18(16)27)21(30)25-10-4-7-14(12-25)13-5-2-1-3-6-13/h1-3,5-6,8-9,14,16-17H,4,7,10-12H2,(H,28,29)(H2,22,23,24)/t14-,16+,17-/m0/s1. The summed E-state index contributed by atoms with van der Waals surface area (Å²) in [6, 6.07) is 9.75. The van der Waals surface area contributed by atoms with Crippen molar-refractivity contribution in [3.63, 3.8) is 0 Å². The molecule has 9 nitrogen and oxygen atoms in total. The highest BCUT2D eigenvalue weighted by Crippen LogP contribution is 2.33. The predicted octanol–water partition coefficient (Wildman–Crippen LogP) is 1.51. The fourth-order valence-corrected chi connectivity index (χ4v) is 4.30. The summed E-state index contributed by atoms with van der Waals surface area (Å²) in [5.74, 6) is -2.32. The zero-order valence-electron chi connectivity index (χ0n) is 16.3. The first-order chi connectivity index (χ1) is 14.5. The summed E-state index contributed by atoms with van der Waals surface area (Å²) in [4.78, 5) is 48.0. The number of anilines is 1. The Kier molecular flexibility index (Phi) is 5.35. The number of carbonyl (C=O) groups excluding carboxylic acids is 2. The number of imide groups is 1. The zero-order chi connectivity index (χ0) is 21.3. The molecule has 2 aliphatic heterocycles. The predicted molar refractivity (Wildman–Crippen MR) is 107 cm³/mol. The normalized spacial score (nSPS) is 23.7. The van der Waals surface area contributed by atoms with Crippen LogP contribution in [0.2, 0.25) is 0 Å². The molecule has 0 saturated carbocycles. The third-order valence-corrected chi connectivity index (χ3v) is 5.80. The molecule has 3 N–H and O–H groups in total. The number of hydrogen-bond donors (Lipinski definition) is 2. The Bertz CT molecular complexity index is 967. The molecule has 0 aliphatic carbocycles. The van der Waals surface area contributed by atoms with Gasteiger partial charge < -0.3 is 15.7 Å². The van der Waals surface area contributed by atoms with E-state index < -0.39 is 29.9 Å². The smallest absolute Gasteiger partial charge is 0.327 e. The van der Waals surface area contributed by atoms with Crippen molar-refractivity contribution >= 4 is 23.9 Å². The van der Waals surface area contributed by atoms with Crippen molar-refractivity contribution in [3.8, 4) is 0 Å². The molecule has 3 atom stereocenters. The van der Waals surface area contributed by atoms with Gasteiger partial charge in [0.2, 0.25) is 11.9 Å². The number of amides is 3. The van der Waals surface area contributed by atoms with Gasteiger partial charge in [-0.15, -0.1) is 0 Å². The molecule has 2 fully saturated rings. The van der Waals surface area contributed by atoms with Crippen molar-refractivity contribution < 1.29 is 19.5 Å². The van der Waals surface area contributed by atoms with Crippen LogP contribution >= 0.6 is 0 Å². The van der Waals surface area contributed by atoms with Gasteiger partial charge in [-0.3, -0.25) is 4.79 Å². The van der Waals surface area contributed by atoms with Gasteiger partial charge in [-0.2, -0.15) is 0 Å². The fourth-order valence-electron chi connectivity index (χ4n) is 4.30. The molecule has 0 spiro atoms. The molecule has 2 aromatic rings. The van der Waals surface area contributed by atoms with Gasteiger partial charge in [0, 0.05) is 37.3 Å². The number of hydrogen-bond acceptors (Lipinski definition) is 6. The van der Waals surface area contributed by atoms with E-state index in [1.54, 1.807) is 11.0 Å². The Hall–Kier alpha value is -3.49. The summed E-state index contributed by atoms with van der Waals surface area (Å²) in [7, 11) is 0. The summed E-state index contributed by atoms with van der Waals surface area (Å²) >= 11 is 0. The van der Waals surface area contributed by atoms with Gasteiger partial charge in [0.15, 0.2) is 6.04 Å². The van der Waals surface area contributed by atoms with Gasteiger partial charge in [-0.1, -0.05) is 30.3 Å². The lowest BCUT2D eigenvalue weighted by molar-refractivity contribution is -0.166. The lowest BCUT2D eigenvalue weighted by Crippen LogP contribution is -2.69. The van der Waals surface area contributed by atoms with Crippen LogP contribution in [-0.4, -0.2) is 61.9 Å². The third-order valence-electron chi connectivity index (χ3n) is 5.80. The van der Waals surface area contributed by atoms with Gasteiger partial charge in [0.25, 0.3) is 0 Å². The third kappa shape index (κ3) is 3.70. The molecule has 0 bridgehead atoms. The fraction of sp³-hybridized carbons (Fsp3) is 0.381. The number of nitrogens with zero attached hydrogens (tertiary/aromatic N) is 4. The lowest BCUT2D eigenvalue weighted by Gasteiger charge is -2.46. The van der Waals surface area contributed by atoms with Crippen molar-refractivity contribution in [2.45, 2.75) is 31.2 Å². The highest BCUT2D eigenvalue weighted by atomic mass is 16.4. The number of benzene rings is 1. The Balaban J connectivity index is 1.48. The first kappa shape index (κ1) is 19.8. The van der Waals surface area contributed by atoms with Crippen LogP contribution in [0.25, 0.3) is 0 Å². The molecule has 1 aromatic carbocycles. The van der Waals surface area contributed by atoms with Gasteiger partial charge in [-0.25, -0.2) is 24.5 Å². The molecule has 3 amide bonds. The molecule has 30 heavy (non-hydrogen) atoms. The van der Waals surface area contributed by atoms with Crippen LogP contribution in [0.5, 0.6) is 0 Å². The second-order valence-electron chi connectivity index (χ2n) is 7.69. The SMILES string of the molecule is Nc1nccc(C[C@H]2C(=O)N(C(=O)N3CCC[C@H](c4ccccc4)C3)[C@@H]2C(=O)O)n1. The van der Waals surface area contributed by atoms with E-state index in [1.165, 1.54) is 6.20 Å². The molecule has 156 valence electrons. The van der Waals surface area contributed by atoms with Crippen molar-refractivity contribution in [1.82, 2.24) is 19.8 Å². The van der Waals surface area contributed by atoms with Crippen molar-refractivity contribution in [2.75, 3.05) is 18.8 Å². The Labute approximate surface area is 173 Å². The number of carboxylic acid groups (broad SMARTS) is 1. The number of carboxylic acids is 1. The highest BCUT2D eigenvalue weighted by Gasteiger charge is 2.55. The van der Waals surface area contributed by atoms with E-state index in [0.29, 0.717) is 18.8 Å². The molecule has 9 heteroatoms. The van der Waals surface area contributed by atoms with E-state index in [2.05, 4.69) is 9.97 Å². The molecule has 0 radical (unpaired) electrons. The maximum Gasteiger partial charge on any atom is 0.327 e. The number of nitrogen functional groups attached to an aromatic ring is 1. The van der Waals surface area contributed by atoms with E-state index in [0.717, 1.165) is 23.3 Å². The quantitative estimate of drug-likeness (QED) is 0.732. The molecule has 3 heterocycles. The molecule has 1 aromatic heterocycles. The minimum atomic E-state index is -1.21. The topological polar surface area (TPSA) is 130 Å². The van der Waals surface area contributed by atoms with Gasteiger partial charge >= 0.3 is 12.0 Å². The average Bonchev–Trinajstić information content (AvgIpc) is 2.75. The summed E-state index contributed by atoms with van der Waals surface area (Å²) in [6.07, 6.45) is 3.30. The van der Waals surface area contributed by atoms with Crippen LogP contribution < -0.4 is 5.73 Å². The summed E-state index contributed by atoms with van der Waals surface area (Å²) in [6.45, 7) is 0.970. The maximum atomic E-state index is 13.1. The molecular weight excluding hydrogens is 386 g/mol. The van der Waals surface area contributed by atoms with Crippen molar-refractivity contribution in [1.29, 1.82) is 0 Å². The summed E-state index contributed by atoms with van der Waals surface area (Å²) in [5.41, 5.74) is 7.17. The summed E-state index contributed by atoms with van der Waals surface area (Å²) < 4.78 is 0. The van der Waals surface area contributed by atoms with Gasteiger partial charge in [0.1, 0.15) is 0 Å². The van der Waals surface area contributed by atoms with E-state index in [9.17, 15) is 19.5 Å². The van der Waals surface area contributed by atoms with Crippen LogP contribution in [-0.2, 0) is 16.0 Å². The number of aliphatic carboxylic acids is 1. The van der Waals surface area contributed by atoms with E-state index in [1.807, 2.05) is 30.3 Å². The minimum absolute atomic E-state index is 0.0550. The Morgan fingerprint density at radius 1 is 1.20 bits per heavy atom. The van der Waals surface area contributed by atoms with E-state index in [-0.39, 0.29) is 18.3 Å². The highest BCUT2D eigenvalue weighted by molar-refractivity contribution is 6.07. The lowest BCUT2D eigenvalue weighted by atomic mass is 9.83. The Morgan fingerprint density at radius 2 is 1.97 bits per heavy atom. The number of β-lactam (4-membered cyclic amide) rings is 1. The van der Waals surface area contributed by atoms with Crippen LogP contribution in [0.15, 0.2) is 42.6 Å². The first-order valence-corrected chi connectivity index (χ1v) is 9.93.